The van der Waals surface area contributed by atoms with E-state index in [9.17, 15) is 0 Å². The largest absolute Gasteiger partial charge is 0.327 e. The van der Waals surface area contributed by atoms with Gasteiger partial charge in [0.15, 0.2) is 0 Å². The summed E-state index contributed by atoms with van der Waals surface area (Å²) in [6.07, 6.45) is 3.27. The summed E-state index contributed by atoms with van der Waals surface area (Å²) in [6, 6.07) is 7.05. The normalized spacial score (nSPS) is 12.8. The third-order valence-corrected chi connectivity index (χ3v) is 4.10. The average Bonchev–Trinajstić information content (AvgIpc) is 2.28. The molecule has 0 aliphatic carbocycles. The van der Waals surface area contributed by atoms with Crippen molar-refractivity contribution in [1.82, 2.24) is 0 Å². The number of hydrogen-bond donors (Lipinski definition) is 1. The molecule has 16 heavy (non-hydrogen) atoms. The highest BCUT2D eigenvalue weighted by Crippen LogP contribution is 2.24. The van der Waals surface area contributed by atoms with Gasteiger partial charge >= 0.3 is 0 Å². The molecule has 0 bridgehead atoms. The third-order valence-electron chi connectivity index (χ3n) is 2.72. The molecule has 0 fully saturated rings. The molecule has 1 aromatic rings. The van der Waals surface area contributed by atoms with Crippen LogP contribution in [0.2, 0.25) is 0 Å². The second-order valence-corrected chi connectivity index (χ2v) is 5.46. The summed E-state index contributed by atoms with van der Waals surface area (Å²) < 4.78 is 0. The summed E-state index contributed by atoms with van der Waals surface area (Å²) in [4.78, 5) is 1.41. The highest BCUT2D eigenvalue weighted by atomic mass is 32.2. The summed E-state index contributed by atoms with van der Waals surface area (Å²) in [5.74, 6) is 1.20. The van der Waals surface area contributed by atoms with Crippen LogP contribution in [0.4, 0.5) is 0 Å². The molecule has 1 nitrogen and oxygen atoms in total. The average molecular weight is 237 g/mol. The Morgan fingerprint density at radius 1 is 1.31 bits per heavy atom. The molecule has 2 N–H and O–H groups in total. The molecule has 0 radical (unpaired) electrons. The number of thioether (sulfide) groups is 1. The van der Waals surface area contributed by atoms with E-state index in [2.05, 4.69) is 39.0 Å². The van der Waals surface area contributed by atoms with Crippen LogP contribution in [-0.2, 0) is 6.42 Å². The molecular formula is C14H23NS. The molecule has 1 atom stereocenters. The van der Waals surface area contributed by atoms with Crippen LogP contribution in [0.1, 0.15) is 37.8 Å². The summed E-state index contributed by atoms with van der Waals surface area (Å²) in [6.45, 7) is 6.55. The SMILES string of the molecule is CCCSc1ccc(CC(N)CC)cc1C. The third kappa shape index (κ3) is 4.18. The predicted molar refractivity (Wildman–Crippen MR) is 74.2 cm³/mol. The first-order valence-electron chi connectivity index (χ1n) is 6.15. The van der Waals surface area contributed by atoms with Crippen molar-refractivity contribution in [3.8, 4) is 0 Å². The molecule has 1 rings (SSSR count). The predicted octanol–water partition coefficient (Wildman–Crippen LogP) is 3.78. The van der Waals surface area contributed by atoms with Gasteiger partial charge in [-0.15, -0.1) is 11.8 Å². The first-order chi connectivity index (χ1) is 7.67. The minimum Gasteiger partial charge on any atom is -0.327 e. The molecule has 1 aromatic carbocycles. The van der Waals surface area contributed by atoms with E-state index in [1.807, 2.05) is 11.8 Å². The van der Waals surface area contributed by atoms with Gasteiger partial charge < -0.3 is 5.73 Å². The van der Waals surface area contributed by atoms with Crippen LogP contribution in [0.25, 0.3) is 0 Å². The van der Waals surface area contributed by atoms with Gasteiger partial charge in [0.05, 0.1) is 0 Å². The number of rotatable bonds is 6. The summed E-state index contributed by atoms with van der Waals surface area (Å²) in [5, 5.41) is 0. The zero-order chi connectivity index (χ0) is 12.0. The van der Waals surface area contributed by atoms with Crippen LogP contribution in [-0.4, -0.2) is 11.8 Å². The van der Waals surface area contributed by atoms with Crippen molar-refractivity contribution in [2.24, 2.45) is 5.73 Å². The Kier molecular flexibility index (Phi) is 5.93. The summed E-state index contributed by atoms with van der Waals surface area (Å²) >= 11 is 1.95. The van der Waals surface area contributed by atoms with Crippen LogP contribution >= 0.6 is 11.8 Å². The van der Waals surface area contributed by atoms with Crippen LogP contribution in [0.3, 0.4) is 0 Å². The number of nitrogens with two attached hydrogens (primary N) is 1. The van der Waals surface area contributed by atoms with Gasteiger partial charge in [-0.25, -0.2) is 0 Å². The monoisotopic (exact) mass is 237 g/mol. The molecule has 0 amide bonds. The van der Waals surface area contributed by atoms with E-state index in [1.165, 1.54) is 28.2 Å². The van der Waals surface area contributed by atoms with Crippen LogP contribution in [0.5, 0.6) is 0 Å². The Bertz CT molecular complexity index is 323. The van der Waals surface area contributed by atoms with Crippen molar-refractivity contribution < 1.29 is 0 Å². The lowest BCUT2D eigenvalue weighted by molar-refractivity contribution is 0.646. The Hall–Kier alpha value is -0.470. The maximum absolute atomic E-state index is 5.97. The molecule has 0 aromatic heterocycles. The number of hydrogen-bond acceptors (Lipinski definition) is 2. The van der Waals surface area contributed by atoms with E-state index in [1.54, 1.807) is 0 Å². The molecule has 0 aliphatic heterocycles. The topological polar surface area (TPSA) is 26.0 Å². The van der Waals surface area contributed by atoms with Crippen molar-refractivity contribution in [3.05, 3.63) is 29.3 Å². The van der Waals surface area contributed by atoms with Gasteiger partial charge in [-0.1, -0.05) is 26.0 Å². The highest BCUT2D eigenvalue weighted by Gasteiger charge is 2.04. The maximum Gasteiger partial charge on any atom is 0.0101 e. The fourth-order valence-electron chi connectivity index (χ4n) is 1.66. The van der Waals surface area contributed by atoms with Gasteiger partial charge in [0.1, 0.15) is 0 Å². The Morgan fingerprint density at radius 2 is 2.06 bits per heavy atom. The molecule has 0 aliphatic rings. The standard InChI is InChI=1S/C14H23NS/c1-4-8-16-14-7-6-12(9-11(14)3)10-13(15)5-2/h6-7,9,13H,4-5,8,10,15H2,1-3H3. The van der Waals surface area contributed by atoms with Gasteiger partial charge in [0, 0.05) is 10.9 Å². The van der Waals surface area contributed by atoms with Crippen molar-refractivity contribution in [1.29, 1.82) is 0 Å². The molecular weight excluding hydrogens is 214 g/mol. The van der Waals surface area contributed by atoms with E-state index in [-0.39, 0.29) is 0 Å². The molecule has 0 saturated carbocycles. The zero-order valence-electron chi connectivity index (χ0n) is 10.6. The highest BCUT2D eigenvalue weighted by molar-refractivity contribution is 7.99. The van der Waals surface area contributed by atoms with Gasteiger partial charge in [0.25, 0.3) is 0 Å². The fourth-order valence-corrected chi connectivity index (χ4v) is 2.53. The van der Waals surface area contributed by atoms with Crippen LogP contribution < -0.4 is 5.73 Å². The Labute approximate surface area is 104 Å². The number of benzene rings is 1. The van der Waals surface area contributed by atoms with Gasteiger partial charge in [-0.2, -0.15) is 0 Å². The second-order valence-electron chi connectivity index (χ2n) is 4.32. The maximum atomic E-state index is 5.97. The first-order valence-corrected chi connectivity index (χ1v) is 7.13. The zero-order valence-corrected chi connectivity index (χ0v) is 11.4. The van der Waals surface area contributed by atoms with Gasteiger partial charge in [-0.3, -0.25) is 0 Å². The van der Waals surface area contributed by atoms with Crippen molar-refractivity contribution >= 4 is 11.8 Å². The lowest BCUT2D eigenvalue weighted by Crippen LogP contribution is -2.21. The fraction of sp³-hybridized carbons (Fsp3) is 0.571. The molecule has 2 heteroatoms. The molecule has 90 valence electrons. The van der Waals surface area contributed by atoms with E-state index in [0.717, 1.165) is 12.8 Å². The molecule has 0 saturated heterocycles. The van der Waals surface area contributed by atoms with Gasteiger partial charge in [0.2, 0.25) is 0 Å². The number of aryl methyl sites for hydroxylation is 1. The summed E-state index contributed by atoms with van der Waals surface area (Å²) in [5.41, 5.74) is 8.72. The van der Waals surface area contributed by atoms with E-state index >= 15 is 0 Å². The summed E-state index contributed by atoms with van der Waals surface area (Å²) in [7, 11) is 0. The molecule has 1 unspecified atom stereocenters. The lowest BCUT2D eigenvalue weighted by atomic mass is 10.0. The van der Waals surface area contributed by atoms with Crippen LogP contribution in [0, 0.1) is 6.92 Å². The van der Waals surface area contributed by atoms with Crippen molar-refractivity contribution in [2.45, 2.75) is 51.0 Å². The smallest absolute Gasteiger partial charge is 0.0101 e. The molecule has 0 spiro atoms. The minimum atomic E-state index is 0.300. The quantitative estimate of drug-likeness (QED) is 0.762. The van der Waals surface area contributed by atoms with E-state index in [0.29, 0.717) is 6.04 Å². The van der Waals surface area contributed by atoms with Crippen molar-refractivity contribution in [3.63, 3.8) is 0 Å². The Balaban J connectivity index is 2.66. The first kappa shape index (κ1) is 13.6. The lowest BCUT2D eigenvalue weighted by Gasteiger charge is -2.11. The minimum absolute atomic E-state index is 0.300. The van der Waals surface area contributed by atoms with Crippen molar-refractivity contribution in [2.75, 3.05) is 5.75 Å². The second kappa shape index (κ2) is 6.97. The van der Waals surface area contributed by atoms with E-state index < -0.39 is 0 Å². The Morgan fingerprint density at radius 3 is 2.62 bits per heavy atom. The van der Waals surface area contributed by atoms with Gasteiger partial charge in [-0.05, 0) is 49.1 Å². The van der Waals surface area contributed by atoms with Crippen LogP contribution in [0.15, 0.2) is 23.1 Å². The van der Waals surface area contributed by atoms with E-state index in [4.69, 9.17) is 5.73 Å². The molecule has 0 heterocycles.